The van der Waals surface area contributed by atoms with Crippen LogP contribution in [0.2, 0.25) is 10.0 Å². The molecule has 2 aliphatic rings. The highest BCUT2D eigenvalue weighted by molar-refractivity contribution is 7.89. The largest absolute Gasteiger partial charge is 0.339 e. The molecular formula is C31H37Cl2N5O5S2. The summed E-state index contributed by atoms with van der Waals surface area (Å²) in [6, 6.07) is 10.6. The molecule has 242 valence electrons. The molecule has 2 fully saturated rings. The molecule has 3 amide bonds. The quantitative estimate of drug-likeness (QED) is 0.306. The van der Waals surface area contributed by atoms with Gasteiger partial charge >= 0.3 is 0 Å². The molecule has 5 atom stereocenters. The van der Waals surface area contributed by atoms with E-state index in [0.717, 1.165) is 10.1 Å². The van der Waals surface area contributed by atoms with Crippen LogP contribution in [0.25, 0.3) is 10.1 Å². The molecule has 0 spiro atoms. The highest BCUT2D eigenvalue weighted by Gasteiger charge is 2.51. The smallest absolute Gasteiger partial charge is 0.262 e. The van der Waals surface area contributed by atoms with Crippen molar-refractivity contribution in [3.8, 4) is 0 Å². The molecule has 3 aromatic rings. The number of carbonyl (C=O) groups excluding carboxylic acids is 3. The number of halogens is 2. The van der Waals surface area contributed by atoms with E-state index in [1.807, 2.05) is 51.1 Å². The number of nitrogens with zero attached hydrogens (tertiary/aromatic N) is 2. The van der Waals surface area contributed by atoms with Gasteiger partial charge in [0.05, 0.1) is 22.0 Å². The summed E-state index contributed by atoms with van der Waals surface area (Å²) in [7, 11) is -4.18. The Hall–Kier alpha value is -2.74. The van der Waals surface area contributed by atoms with Crippen LogP contribution in [-0.4, -0.2) is 79.2 Å². The molecule has 45 heavy (non-hydrogen) atoms. The fourth-order valence-electron chi connectivity index (χ4n) is 6.03. The number of carbonyl (C=O) groups is 3. The van der Waals surface area contributed by atoms with Gasteiger partial charge < -0.3 is 20.9 Å². The molecule has 2 unspecified atom stereocenters. The van der Waals surface area contributed by atoms with Gasteiger partial charge in [-0.3, -0.25) is 14.4 Å². The zero-order valence-electron chi connectivity index (χ0n) is 25.4. The first-order valence-electron chi connectivity index (χ1n) is 14.7. The molecule has 2 aromatic carbocycles. The van der Waals surface area contributed by atoms with Crippen molar-refractivity contribution in [3.05, 3.63) is 63.5 Å². The number of benzene rings is 2. The van der Waals surface area contributed by atoms with E-state index in [1.165, 1.54) is 29.5 Å². The number of hydrogen-bond acceptors (Lipinski definition) is 7. The zero-order chi connectivity index (χ0) is 32.8. The lowest BCUT2D eigenvalue weighted by Gasteiger charge is -2.40. The van der Waals surface area contributed by atoms with E-state index in [9.17, 15) is 22.8 Å². The second-order valence-electron chi connectivity index (χ2n) is 12.9. The van der Waals surface area contributed by atoms with Gasteiger partial charge in [-0.05, 0) is 60.9 Å². The maximum Gasteiger partial charge on any atom is 0.262 e. The fourth-order valence-corrected chi connectivity index (χ4v) is 8.97. The van der Waals surface area contributed by atoms with Gasteiger partial charge in [0, 0.05) is 28.9 Å². The van der Waals surface area contributed by atoms with Crippen molar-refractivity contribution in [3.63, 3.8) is 0 Å². The number of amides is 3. The number of rotatable bonds is 9. The molecule has 0 saturated carbocycles. The summed E-state index contributed by atoms with van der Waals surface area (Å²) < 4.78 is 30.0. The van der Waals surface area contributed by atoms with Crippen LogP contribution in [0.15, 0.2) is 53.4 Å². The Morgan fingerprint density at radius 3 is 2.24 bits per heavy atom. The minimum atomic E-state index is -4.18. The van der Waals surface area contributed by atoms with E-state index in [2.05, 4.69) is 10.0 Å². The Kier molecular flexibility index (Phi) is 9.57. The summed E-state index contributed by atoms with van der Waals surface area (Å²) in [4.78, 5) is 44.8. The Labute approximate surface area is 277 Å². The minimum absolute atomic E-state index is 0.0651. The Balaban J connectivity index is 1.29. The molecule has 2 bridgehead atoms. The monoisotopic (exact) mass is 693 g/mol. The average Bonchev–Trinajstić information content (AvgIpc) is 3.68. The van der Waals surface area contributed by atoms with Crippen LogP contribution in [0.5, 0.6) is 0 Å². The van der Waals surface area contributed by atoms with Gasteiger partial charge in [0.2, 0.25) is 21.8 Å². The third kappa shape index (κ3) is 7.16. The van der Waals surface area contributed by atoms with Crippen molar-refractivity contribution in [2.75, 3.05) is 13.1 Å². The highest BCUT2D eigenvalue weighted by Crippen LogP contribution is 2.35. The molecule has 0 radical (unpaired) electrons. The number of sulfonamides is 1. The fraction of sp³-hybridized carbons (Fsp3) is 0.452. The van der Waals surface area contributed by atoms with E-state index in [0.29, 0.717) is 11.3 Å². The number of hydrogen-bond donors (Lipinski definition) is 3. The van der Waals surface area contributed by atoms with Gasteiger partial charge in [-0.25, -0.2) is 8.42 Å². The first kappa shape index (κ1) is 33.6. The topological polar surface area (TPSA) is 142 Å². The van der Waals surface area contributed by atoms with Crippen LogP contribution in [0.3, 0.4) is 0 Å². The number of nitrogens with two attached hydrogens (primary N) is 1. The maximum atomic E-state index is 14.0. The van der Waals surface area contributed by atoms with Gasteiger partial charge in [0.15, 0.2) is 0 Å². The molecule has 5 rings (SSSR count). The summed E-state index contributed by atoms with van der Waals surface area (Å²) in [6.07, 6.45) is 0.620. The van der Waals surface area contributed by atoms with Gasteiger partial charge in [0.25, 0.3) is 5.91 Å². The first-order chi connectivity index (χ1) is 21.0. The van der Waals surface area contributed by atoms with E-state index < -0.39 is 39.5 Å². The highest BCUT2D eigenvalue weighted by atomic mass is 35.5. The molecule has 0 aliphatic carbocycles. The molecule has 4 N–H and O–H groups in total. The van der Waals surface area contributed by atoms with Crippen molar-refractivity contribution >= 4 is 72.4 Å². The Bertz CT molecular complexity index is 1710. The lowest BCUT2D eigenvalue weighted by molar-refractivity contribution is -0.143. The van der Waals surface area contributed by atoms with Crippen LogP contribution in [0, 0.1) is 5.41 Å². The molecule has 3 heterocycles. The van der Waals surface area contributed by atoms with Gasteiger partial charge in [-0.2, -0.15) is 4.72 Å². The summed E-state index contributed by atoms with van der Waals surface area (Å²) in [5, 5.41) is 4.16. The number of fused-ring (bicyclic) bond motifs is 3. The average molecular weight is 695 g/mol. The van der Waals surface area contributed by atoms with Crippen LogP contribution in [0.4, 0.5) is 0 Å². The summed E-state index contributed by atoms with van der Waals surface area (Å²) in [6.45, 7) is 7.93. The molecule has 2 aliphatic heterocycles. The maximum absolute atomic E-state index is 14.0. The molecule has 10 nitrogen and oxygen atoms in total. The summed E-state index contributed by atoms with van der Waals surface area (Å²) in [5.74, 6) is -0.926. The van der Waals surface area contributed by atoms with Crippen molar-refractivity contribution in [1.29, 1.82) is 0 Å². The van der Waals surface area contributed by atoms with Crippen molar-refractivity contribution in [2.45, 2.75) is 75.6 Å². The summed E-state index contributed by atoms with van der Waals surface area (Å²) >= 11 is 13.5. The predicted molar refractivity (Wildman–Crippen MR) is 177 cm³/mol. The Morgan fingerprint density at radius 1 is 1.02 bits per heavy atom. The van der Waals surface area contributed by atoms with Crippen LogP contribution >= 0.6 is 34.5 Å². The number of likely N-dealkylation sites (tertiary alicyclic amines) is 2. The second-order valence-corrected chi connectivity index (χ2v) is 16.5. The third-order valence-electron chi connectivity index (χ3n) is 8.23. The van der Waals surface area contributed by atoms with Gasteiger partial charge in [-0.15, -0.1) is 11.3 Å². The van der Waals surface area contributed by atoms with Crippen molar-refractivity contribution in [2.24, 2.45) is 11.1 Å². The van der Waals surface area contributed by atoms with E-state index in [4.69, 9.17) is 28.9 Å². The van der Waals surface area contributed by atoms with Gasteiger partial charge in [0.1, 0.15) is 17.0 Å². The third-order valence-corrected chi connectivity index (χ3v) is 11.5. The lowest BCUT2D eigenvalue weighted by atomic mass is 9.85. The van der Waals surface area contributed by atoms with E-state index >= 15 is 0 Å². The first-order valence-corrected chi connectivity index (χ1v) is 17.7. The van der Waals surface area contributed by atoms with E-state index in [-0.39, 0.29) is 58.3 Å². The molecule has 1 aromatic heterocycles. The normalized spacial score (nSPS) is 20.3. The zero-order valence-corrected chi connectivity index (χ0v) is 28.6. The molecular weight excluding hydrogens is 657 g/mol. The summed E-state index contributed by atoms with van der Waals surface area (Å²) in [5.41, 5.74) is 5.44. The number of nitrogens with one attached hydrogen (secondary N) is 2. The van der Waals surface area contributed by atoms with Crippen LogP contribution in [-0.2, 0) is 19.6 Å². The lowest BCUT2D eigenvalue weighted by Crippen LogP contribution is -2.60. The number of piperazine rings is 1. The second kappa shape index (κ2) is 12.8. The van der Waals surface area contributed by atoms with Crippen LogP contribution in [0.1, 0.15) is 50.2 Å². The minimum Gasteiger partial charge on any atom is -0.339 e. The van der Waals surface area contributed by atoms with Gasteiger partial charge in [-0.1, -0.05) is 62.2 Å². The van der Waals surface area contributed by atoms with Crippen LogP contribution < -0.4 is 15.8 Å². The predicted octanol–water partition coefficient (Wildman–Crippen LogP) is 4.25. The van der Waals surface area contributed by atoms with Crippen molar-refractivity contribution in [1.82, 2.24) is 19.8 Å². The van der Waals surface area contributed by atoms with Crippen molar-refractivity contribution < 1.29 is 22.8 Å². The standard InChI is InChI=1S/C31H37Cl2N5O5S2/c1-17(34)11-23(36-45(42,43)26-10-9-19(32)13-22(26)33)29(40)37-15-21-14-20(37)16-38(21)30(41)27(31(2,3)4)35-28(39)25-12-18-7-5-6-8-24(18)44-25/h5-10,12-13,17,20-21,23,27,36H,11,14-16,34H2,1-4H3,(H,35,39)/t17?,20-,21-,23+,27?/m0/s1. The van der Waals surface area contributed by atoms with E-state index in [1.54, 1.807) is 16.7 Å². The molecule has 2 saturated heterocycles. The number of thiophene rings is 1. The SMILES string of the molecule is CC(N)C[C@@H](NS(=O)(=O)c1ccc(Cl)cc1Cl)C(=O)N1C[C@@H]2C[C@H]1CN2C(=O)C(NC(=O)c1cc2ccccc2s1)C(C)(C)C. The Morgan fingerprint density at radius 2 is 1.67 bits per heavy atom. The molecule has 14 heteroatoms.